The minimum Gasteiger partial charge on any atom is -0.482 e. The molecule has 11 heteroatoms. The quantitative estimate of drug-likeness (QED) is 0.345. The maximum atomic E-state index is 13.7. The first-order valence-electron chi connectivity index (χ1n) is 14.7. The number of imidazole rings is 1. The van der Waals surface area contributed by atoms with Crippen LogP contribution >= 0.6 is 0 Å². The van der Waals surface area contributed by atoms with Gasteiger partial charge in [0, 0.05) is 61.8 Å². The summed E-state index contributed by atoms with van der Waals surface area (Å²) in [6.45, 7) is 2.77. The minimum atomic E-state index is -0.127. The number of hydrogen-bond donors (Lipinski definition) is 1. The highest BCUT2D eigenvalue weighted by molar-refractivity contribution is 5.97. The summed E-state index contributed by atoms with van der Waals surface area (Å²) < 4.78 is 15.7. The third-order valence-corrected chi connectivity index (χ3v) is 9.13. The van der Waals surface area contributed by atoms with E-state index in [1.165, 1.54) is 17.7 Å². The van der Waals surface area contributed by atoms with Crippen molar-refractivity contribution in [2.75, 3.05) is 27.8 Å². The fourth-order valence-electron chi connectivity index (χ4n) is 6.69. The van der Waals surface area contributed by atoms with Crippen LogP contribution in [0.1, 0.15) is 48.2 Å². The van der Waals surface area contributed by atoms with Crippen molar-refractivity contribution in [2.45, 2.75) is 63.7 Å². The summed E-state index contributed by atoms with van der Waals surface area (Å²) in [5.41, 5.74) is 11.0. The zero-order chi connectivity index (χ0) is 29.3. The van der Waals surface area contributed by atoms with Crippen LogP contribution in [0.15, 0.2) is 30.3 Å². The van der Waals surface area contributed by atoms with Gasteiger partial charge >= 0.3 is 0 Å². The molecule has 0 spiro atoms. The van der Waals surface area contributed by atoms with Crippen LogP contribution in [0, 0.1) is 12.8 Å². The van der Waals surface area contributed by atoms with Crippen molar-refractivity contribution in [1.29, 1.82) is 0 Å². The van der Waals surface area contributed by atoms with Crippen molar-refractivity contribution in [1.82, 2.24) is 28.7 Å². The van der Waals surface area contributed by atoms with Gasteiger partial charge in [0.1, 0.15) is 17.0 Å². The maximum Gasteiger partial charge on any atom is 0.260 e. The normalized spacial score (nSPS) is 21.5. The standard InChI is InChI=1S/C31H37N7O4/c1-17-29(24-11-19-7-10-26(42-16-27(39)35(2)3)34-30(19)36(24)15-18-5-6-18)33-25-12-20(13-28(41-4)37(17)25)31(40)38-21-8-9-23(38)22(32)14-21/h7,10-13,18,21-23H,5-6,8-9,14-16,32H2,1-4H3/t21-,22+,23+/m0/s1. The molecule has 3 fully saturated rings. The molecule has 2 saturated heterocycles. The van der Waals surface area contributed by atoms with Gasteiger partial charge in [0.15, 0.2) is 12.5 Å². The van der Waals surface area contributed by atoms with E-state index in [0.717, 1.165) is 53.9 Å². The van der Waals surface area contributed by atoms with E-state index in [2.05, 4.69) is 10.6 Å². The highest BCUT2D eigenvalue weighted by atomic mass is 16.5. The number of amides is 2. The number of nitrogens with zero attached hydrogens (tertiary/aromatic N) is 6. The topological polar surface area (TPSA) is 120 Å². The number of carbonyl (C=O) groups excluding carboxylic acids is 2. The third-order valence-electron chi connectivity index (χ3n) is 9.13. The second kappa shape index (κ2) is 10.0. The molecule has 1 saturated carbocycles. The summed E-state index contributed by atoms with van der Waals surface area (Å²) in [7, 11) is 5.02. The molecule has 7 rings (SSSR count). The fraction of sp³-hybridized carbons (Fsp3) is 0.484. The number of aromatic nitrogens is 4. The summed E-state index contributed by atoms with van der Waals surface area (Å²) in [5.74, 6) is 1.42. The van der Waals surface area contributed by atoms with Crippen molar-refractivity contribution < 1.29 is 19.1 Å². The van der Waals surface area contributed by atoms with Crippen LogP contribution in [0.4, 0.5) is 0 Å². The molecule has 3 atom stereocenters. The van der Waals surface area contributed by atoms with Gasteiger partial charge in [-0.2, -0.15) is 4.98 Å². The Hall–Kier alpha value is -4.12. The number of rotatable bonds is 8. The monoisotopic (exact) mass is 571 g/mol. The molecule has 4 aromatic rings. The Labute approximate surface area is 244 Å². The van der Waals surface area contributed by atoms with E-state index >= 15 is 0 Å². The molecule has 0 unspecified atom stereocenters. The highest BCUT2D eigenvalue weighted by Crippen LogP contribution is 2.40. The smallest absolute Gasteiger partial charge is 0.260 e. The third kappa shape index (κ3) is 4.38. The van der Waals surface area contributed by atoms with E-state index in [1.54, 1.807) is 27.3 Å². The molecule has 2 amide bonds. The van der Waals surface area contributed by atoms with Gasteiger partial charge in [0.2, 0.25) is 5.88 Å². The fourth-order valence-corrected chi connectivity index (χ4v) is 6.69. The minimum absolute atomic E-state index is 0.00854. The average molecular weight is 572 g/mol. The van der Waals surface area contributed by atoms with E-state index in [9.17, 15) is 9.59 Å². The summed E-state index contributed by atoms with van der Waals surface area (Å²) in [6, 6.07) is 9.91. The second-order valence-electron chi connectivity index (χ2n) is 12.2. The van der Waals surface area contributed by atoms with Crippen LogP contribution in [-0.4, -0.2) is 86.5 Å². The molecule has 11 nitrogen and oxygen atoms in total. The van der Waals surface area contributed by atoms with Gasteiger partial charge in [-0.15, -0.1) is 0 Å². The Balaban J connectivity index is 1.29. The first-order chi connectivity index (χ1) is 20.2. The zero-order valence-corrected chi connectivity index (χ0v) is 24.5. The van der Waals surface area contributed by atoms with E-state index in [4.69, 9.17) is 25.2 Å². The van der Waals surface area contributed by atoms with Crippen molar-refractivity contribution in [3.8, 4) is 23.1 Å². The molecule has 4 aromatic heterocycles. The van der Waals surface area contributed by atoms with Crippen molar-refractivity contribution in [3.63, 3.8) is 0 Å². The molecule has 2 aliphatic heterocycles. The van der Waals surface area contributed by atoms with Crippen LogP contribution in [0.2, 0.25) is 0 Å². The predicted octanol–water partition coefficient (Wildman–Crippen LogP) is 3.25. The van der Waals surface area contributed by atoms with Crippen LogP contribution in [0.25, 0.3) is 28.1 Å². The lowest BCUT2D eigenvalue weighted by Crippen LogP contribution is -2.40. The molecule has 2 N–H and O–H groups in total. The van der Waals surface area contributed by atoms with Gasteiger partial charge in [0.05, 0.1) is 18.5 Å². The molecular formula is C31H37N7O4. The number of carbonyl (C=O) groups is 2. The predicted molar refractivity (Wildman–Crippen MR) is 158 cm³/mol. The summed E-state index contributed by atoms with van der Waals surface area (Å²) in [4.78, 5) is 39.2. The largest absolute Gasteiger partial charge is 0.482 e. The van der Waals surface area contributed by atoms with Gasteiger partial charge in [-0.1, -0.05) is 0 Å². The molecule has 0 radical (unpaired) electrons. The van der Waals surface area contributed by atoms with E-state index in [0.29, 0.717) is 28.9 Å². The van der Waals surface area contributed by atoms with Gasteiger partial charge in [-0.05, 0) is 63.1 Å². The van der Waals surface area contributed by atoms with Crippen molar-refractivity contribution >= 4 is 28.5 Å². The second-order valence-corrected chi connectivity index (χ2v) is 12.2. The van der Waals surface area contributed by atoms with Crippen LogP contribution in [-0.2, 0) is 11.3 Å². The van der Waals surface area contributed by atoms with Crippen LogP contribution in [0.5, 0.6) is 11.8 Å². The van der Waals surface area contributed by atoms with Crippen LogP contribution < -0.4 is 15.2 Å². The average Bonchev–Trinajstić information content (AvgIpc) is 3.30. The lowest BCUT2D eigenvalue weighted by Gasteiger charge is -2.23. The number of fused-ring (bicyclic) bond motifs is 4. The number of methoxy groups -OCH3 is 1. The molecule has 3 aliphatic rings. The highest BCUT2D eigenvalue weighted by Gasteiger charge is 2.47. The molecule has 1 aliphatic carbocycles. The molecular weight excluding hydrogens is 534 g/mol. The van der Waals surface area contributed by atoms with E-state index in [1.807, 2.05) is 34.4 Å². The molecule has 2 bridgehead atoms. The molecule has 42 heavy (non-hydrogen) atoms. The Morgan fingerprint density at radius 2 is 1.90 bits per heavy atom. The zero-order valence-electron chi connectivity index (χ0n) is 24.5. The Kier molecular flexibility index (Phi) is 6.38. The SMILES string of the molecule is COc1cc(C(=O)N2[C@H]3CC[C@@H]2[C@H](N)C3)cc2nc(-c3cc4ccc(OCC(=O)N(C)C)nc4n3CC3CC3)c(C)n12. The number of ether oxygens (including phenoxy) is 2. The Morgan fingerprint density at radius 1 is 1.10 bits per heavy atom. The number of pyridine rings is 2. The lowest BCUT2D eigenvalue weighted by molar-refractivity contribution is -0.130. The summed E-state index contributed by atoms with van der Waals surface area (Å²) in [6.07, 6.45) is 5.19. The van der Waals surface area contributed by atoms with Crippen molar-refractivity contribution in [2.24, 2.45) is 11.7 Å². The van der Waals surface area contributed by atoms with Gasteiger partial charge < -0.3 is 29.6 Å². The van der Waals surface area contributed by atoms with E-state index in [-0.39, 0.29) is 36.5 Å². The Morgan fingerprint density at radius 3 is 2.57 bits per heavy atom. The number of nitrogens with two attached hydrogens (primary N) is 1. The Bertz CT molecular complexity index is 1720. The number of aryl methyl sites for hydroxylation is 1. The molecule has 6 heterocycles. The summed E-state index contributed by atoms with van der Waals surface area (Å²) in [5, 5.41) is 0.970. The van der Waals surface area contributed by atoms with Gasteiger partial charge in [-0.3, -0.25) is 14.0 Å². The number of likely N-dealkylation sites (N-methyl/N-ethyl adjacent to an activating group) is 1. The van der Waals surface area contributed by atoms with Gasteiger partial charge in [-0.25, -0.2) is 4.98 Å². The first kappa shape index (κ1) is 26.8. The van der Waals surface area contributed by atoms with Crippen LogP contribution in [0.3, 0.4) is 0 Å². The van der Waals surface area contributed by atoms with E-state index < -0.39 is 0 Å². The molecule has 220 valence electrons. The first-order valence-corrected chi connectivity index (χ1v) is 14.7. The van der Waals surface area contributed by atoms with Crippen molar-refractivity contribution in [3.05, 3.63) is 41.6 Å². The van der Waals surface area contributed by atoms with Gasteiger partial charge in [0.25, 0.3) is 11.8 Å². The number of hydrogen-bond acceptors (Lipinski definition) is 7. The lowest BCUT2D eigenvalue weighted by atomic mass is 9.97. The molecule has 0 aromatic carbocycles. The maximum absolute atomic E-state index is 13.7. The summed E-state index contributed by atoms with van der Waals surface area (Å²) >= 11 is 0.